The van der Waals surface area contributed by atoms with Crippen LogP contribution in [-0.4, -0.2) is 34.4 Å². The van der Waals surface area contributed by atoms with E-state index < -0.39 is 22.3 Å². The Bertz CT molecular complexity index is 397. The smallest absolute Gasteiger partial charge is 0.315 e. The minimum atomic E-state index is -1.34. The molecule has 19 heavy (non-hydrogen) atoms. The van der Waals surface area contributed by atoms with Crippen molar-refractivity contribution in [1.82, 2.24) is 0 Å². The minimum absolute atomic E-state index is 0.141. The van der Waals surface area contributed by atoms with Crippen molar-refractivity contribution in [1.29, 1.82) is 0 Å². The largest absolute Gasteiger partial charge is 0.465 e. The maximum absolute atomic E-state index is 12.3. The number of carbonyl (C=O) groups excluding carboxylic acids is 2. The maximum atomic E-state index is 12.3. The average Bonchev–Trinajstić information content (AvgIpc) is 2.66. The molecule has 0 spiro atoms. The van der Waals surface area contributed by atoms with Crippen LogP contribution < -0.4 is 0 Å². The number of Topliss-reactive ketones (excluding diaryl/α,β-unsaturated/α-hetero) is 1. The number of aliphatic hydroxyl groups is 1. The quantitative estimate of drug-likeness (QED) is 0.638. The second-order valence-corrected chi connectivity index (χ2v) is 6.28. The Balaban J connectivity index is 2.43. The second-order valence-electron chi connectivity index (χ2n) is 5.72. The lowest BCUT2D eigenvalue weighted by atomic mass is 9.59. The highest BCUT2D eigenvalue weighted by molar-refractivity contribution is 6.22. The minimum Gasteiger partial charge on any atom is -0.465 e. The number of esters is 1. The first kappa shape index (κ1) is 14.8. The summed E-state index contributed by atoms with van der Waals surface area (Å²) in [6, 6.07) is 0. The van der Waals surface area contributed by atoms with Gasteiger partial charge in [-0.25, -0.2) is 0 Å². The summed E-state index contributed by atoms with van der Waals surface area (Å²) in [7, 11) is 0. The van der Waals surface area contributed by atoms with Crippen molar-refractivity contribution in [3.63, 3.8) is 0 Å². The normalized spacial score (nSPS) is 41.7. The number of carbonyl (C=O) groups is 2. The van der Waals surface area contributed by atoms with E-state index in [9.17, 15) is 14.7 Å². The lowest BCUT2D eigenvalue weighted by Crippen LogP contribution is -2.61. The van der Waals surface area contributed by atoms with Gasteiger partial charge in [0.15, 0.2) is 0 Å². The molecule has 5 heteroatoms. The van der Waals surface area contributed by atoms with E-state index in [0.717, 1.165) is 6.42 Å². The maximum Gasteiger partial charge on any atom is 0.315 e. The number of hydrogen-bond acceptors (Lipinski definition) is 4. The third-order valence-corrected chi connectivity index (χ3v) is 5.29. The third-order valence-electron chi connectivity index (χ3n) is 4.82. The van der Waals surface area contributed by atoms with Crippen molar-refractivity contribution in [3.8, 4) is 0 Å². The van der Waals surface area contributed by atoms with Gasteiger partial charge >= 0.3 is 5.97 Å². The summed E-state index contributed by atoms with van der Waals surface area (Å²) in [6.45, 7) is 3.47. The number of alkyl halides is 1. The first-order valence-corrected chi connectivity index (χ1v) is 7.37. The van der Waals surface area contributed by atoms with Gasteiger partial charge < -0.3 is 9.84 Å². The fourth-order valence-corrected chi connectivity index (χ4v) is 4.50. The molecule has 0 aliphatic heterocycles. The number of ketones is 1. The Morgan fingerprint density at radius 2 is 2.05 bits per heavy atom. The first-order valence-electron chi connectivity index (χ1n) is 6.93. The molecule has 2 rings (SSSR count). The molecule has 0 saturated heterocycles. The molecule has 4 nitrogen and oxygen atoms in total. The Kier molecular flexibility index (Phi) is 3.94. The van der Waals surface area contributed by atoms with Crippen molar-refractivity contribution >= 4 is 23.4 Å². The summed E-state index contributed by atoms with van der Waals surface area (Å²) < 4.78 is 5.16. The van der Waals surface area contributed by atoms with E-state index in [-0.39, 0.29) is 18.4 Å². The van der Waals surface area contributed by atoms with Crippen LogP contribution in [0.15, 0.2) is 0 Å². The molecule has 0 bridgehead atoms. The molecular weight excluding hydrogens is 268 g/mol. The molecule has 2 saturated carbocycles. The van der Waals surface area contributed by atoms with Crippen LogP contribution in [0.4, 0.5) is 0 Å². The topological polar surface area (TPSA) is 63.6 Å². The Morgan fingerprint density at radius 1 is 1.37 bits per heavy atom. The molecule has 0 radical (unpaired) electrons. The number of rotatable bonds is 3. The summed E-state index contributed by atoms with van der Waals surface area (Å²) in [5, 5.41) is 10.7. The average molecular weight is 289 g/mol. The van der Waals surface area contributed by atoms with Crippen molar-refractivity contribution in [2.45, 2.75) is 56.9 Å². The van der Waals surface area contributed by atoms with E-state index in [1.807, 2.05) is 0 Å². The van der Waals surface area contributed by atoms with Crippen LogP contribution in [0, 0.1) is 11.3 Å². The van der Waals surface area contributed by atoms with Crippen molar-refractivity contribution in [2.75, 3.05) is 6.61 Å². The molecule has 0 amide bonds. The monoisotopic (exact) mass is 288 g/mol. The molecule has 0 aromatic rings. The molecule has 2 fully saturated rings. The predicted octanol–water partition coefficient (Wildman–Crippen LogP) is 2.06. The molecular formula is C14H21ClO4. The number of halogens is 1. The molecule has 108 valence electrons. The van der Waals surface area contributed by atoms with Gasteiger partial charge in [-0.05, 0) is 46.0 Å². The molecule has 2 aliphatic rings. The van der Waals surface area contributed by atoms with Gasteiger partial charge in [-0.2, -0.15) is 0 Å². The Morgan fingerprint density at radius 3 is 2.63 bits per heavy atom. The van der Waals surface area contributed by atoms with Crippen LogP contribution in [0.2, 0.25) is 0 Å². The molecule has 0 unspecified atom stereocenters. The van der Waals surface area contributed by atoms with Crippen LogP contribution in [0.1, 0.15) is 46.0 Å². The SMILES string of the molecule is CCOC(=O)[C@]12CCC[C@@]1(O)[C@H](C(C)=O)[C@@H](Cl)CC2. The molecule has 0 aromatic carbocycles. The third kappa shape index (κ3) is 2.00. The lowest BCUT2D eigenvalue weighted by Gasteiger charge is -2.49. The van der Waals surface area contributed by atoms with E-state index >= 15 is 0 Å². The molecule has 4 atom stereocenters. The van der Waals surface area contributed by atoms with E-state index in [1.54, 1.807) is 6.92 Å². The zero-order valence-electron chi connectivity index (χ0n) is 11.4. The highest BCUT2D eigenvalue weighted by Gasteiger charge is 2.67. The van der Waals surface area contributed by atoms with Gasteiger partial charge in [-0.3, -0.25) is 9.59 Å². The van der Waals surface area contributed by atoms with Gasteiger partial charge in [-0.15, -0.1) is 11.6 Å². The summed E-state index contributed by atoms with van der Waals surface area (Å²) in [5.74, 6) is -1.18. The molecule has 1 N–H and O–H groups in total. The van der Waals surface area contributed by atoms with Gasteiger partial charge in [0.2, 0.25) is 0 Å². The van der Waals surface area contributed by atoms with Gasteiger partial charge in [0.25, 0.3) is 0 Å². The van der Waals surface area contributed by atoms with Gasteiger partial charge in [0.05, 0.1) is 23.5 Å². The Hall–Kier alpha value is -0.610. The predicted molar refractivity (Wildman–Crippen MR) is 70.9 cm³/mol. The van der Waals surface area contributed by atoms with E-state index in [0.29, 0.717) is 25.7 Å². The van der Waals surface area contributed by atoms with Gasteiger partial charge in [-0.1, -0.05) is 0 Å². The summed E-state index contributed by atoms with van der Waals surface area (Å²) >= 11 is 6.24. The zero-order valence-corrected chi connectivity index (χ0v) is 12.2. The van der Waals surface area contributed by atoms with Crippen molar-refractivity contribution < 1.29 is 19.4 Å². The number of hydrogen-bond donors (Lipinski definition) is 1. The van der Waals surface area contributed by atoms with Crippen LogP contribution in [0.3, 0.4) is 0 Å². The lowest BCUT2D eigenvalue weighted by molar-refractivity contribution is -0.187. The van der Waals surface area contributed by atoms with Crippen LogP contribution in [0.25, 0.3) is 0 Å². The van der Waals surface area contributed by atoms with Crippen LogP contribution in [-0.2, 0) is 14.3 Å². The zero-order chi connectivity index (χ0) is 14.3. The van der Waals surface area contributed by atoms with E-state index in [4.69, 9.17) is 16.3 Å². The standard InChI is InChI=1S/C14H21ClO4/c1-3-19-12(17)13-6-4-7-14(13,18)11(9(2)16)10(15)5-8-13/h10-11,18H,3-8H2,1-2H3/t10-,11+,13+,14+/m0/s1. The number of ether oxygens (including phenoxy) is 1. The summed E-state index contributed by atoms with van der Waals surface area (Å²) in [6.07, 6.45) is 2.81. The summed E-state index contributed by atoms with van der Waals surface area (Å²) in [5.41, 5.74) is -2.28. The molecule has 0 heterocycles. The van der Waals surface area contributed by atoms with Crippen molar-refractivity contribution in [2.24, 2.45) is 11.3 Å². The fraction of sp³-hybridized carbons (Fsp3) is 0.857. The van der Waals surface area contributed by atoms with E-state index in [2.05, 4.69) is 0 Å². The van der Waals surface area contributed by atoms with Crippen LogP contribution >= 0.6 is 11.6 Å². The van der Waals surface area contributed by atoms with Gasteiger partial charge in [0.1, 0.15) is 5.78 Å². The Labute approximate surface area is 118 Å². The number of fused-ring (bicyclic) bond motifs is 1. The second kappa shape index (κ2) is 5.06. The van der Waals surface area contributed by atoms with E-state index in [1.165, 1.54) is 6.92 Å². The molecule has 2 aliphatic carbocycles. The first-order chi connectivity index (χ1) is 8.89. The highest BCUT2D eigenvalue weighted by Crippen LogP contribution is 2.59. The van der Waals surface area contributed by atoms with Crippen molar-refractivity contribution in [3.05, 3.63) is 0 Å². The fourth-order valence-electron chi connectivity index (χ4n) is 4.00. The van der Waals surface area contributed by atoms with Crippen LogP contribution in [0.5, 0.6) is 0 Å². The van der Waals surface area contributed by atoms with Gasteiger partial charge in [0, 0.05) is 5.38 Å². The highest BCUT2D eigenvalue weighted by atomic mass is 35.5. The molecule has 0 aromatic heterocycles. The summed E-state index contributed by atoms with van der Waals surface area (Å²) in [4.78, 5) is 24.2.